The maximum atomic E-state index is 12.5. The lowest BCUT2D eigenvalue weighted by atomic mass is 10.1. The lowest BCUT2D eigenvalue weighted by Gasteiger charge is -1.99. The van der Waals surface area contributed by atoms with Crippen molar-refractivity contribution in [3.63, 3.8) is 0 Å². The Morgan fingerprint density at radius 3 is 1.41 bits per heavy atom. The third-order valence-electron chi connectivity index (χ3n) is 4.08. The van der Waals surface area contributed by atoms with Gasteiger partial charge >= 0.3 is 0 Å². The summed E-state index contributed by atoms with van der Waals surface area (Å²) in [4.78, 5) is 12.5. The van der Waals surface area contributed by atoms with Crippen molar-refractivity contribution in [1.29, 1.82) is 0 Å². The van der Waals surface area contributed by atoms with Gasteiger partial charge in [-0.1, -0.05) is 59.7 Å². The lowest BCUT2D eigenvalue weighted by Crippen LogP contribution is -1.95. The van der Waals surface area contributed by atoms with Crippen LogP contribution in [0.5, 0.6) is 0 Å². The van der Waals surface area contributed by atoms with Crippen LogP contribution in [-0.2, 0) is 4.79 Å². The van der Waals surface area contributed by atoms with Crippen molar-refractivity contribution in [2.24, 2.45) is 0 Å². The van der Waals surface area contributed by atoms with Gasteiger partial charge in [0.2, 0.25) is 0 Å². The first-order valence-electron chi connectivity index (χ1n) is 7.71. The molecule has 0 heterocycles. The number of allylic oxidation sites excluding steroid dienone is 2. The number of Topliss-reactive ketones (excluding diaryl/α,β-unsaturated/α-hetero) is 1. The van der Waals surface area contributed by atoms with Crippen molar-refractivity contribution in [2.75, 3.05) is 0 Å². The third-order valence-corrected chi connectivity index (χ3v) is 4.08. The molecule has 0 N–H and O–H groups in total. The molecule has 0 saturated heterocycles. The van der Waals surface area contributed by atoms with Gasteiger partial charge in [0.1, 0.15) is 0 Å². The summed E-state index contributed by atoms with van der Waals surface area (Å²) in [6.07, 6.45) is 5.73. The average Bonchev–Trinajstić information content (AvgIpc) is 2.85. The van der Waals surface area contributed by atoms with Crippen molar-refractivity contribution in [1.82, 2.24) is 0 Å². The molecule has 110 valence electrons. The Hall–Kier alpha value is -2.41. The fraction of sp³-hybridized carbons (Fsp3) is 0.190. The van der Waals surface area contributed by atoms with Gasteiger partial charge in [-0.25, -0.2) is 0 Å². The molecule has 1 aliphatic rings. The van der Waals surface area contributed by atoms with Crippen LogP contribution in [0.4, 0.5) is 0 Å². The van der Waals surface area contributed by atoms with E-state index in [1.165, 1.54) is 11.1 Å². The number of benzene rings is 2. The molecule has 2 aromatic rings. The molecule has 0 spiro atoms. The third kappa shape index (κ3) is 3.25. The summed E-state index contributed by atoms with van der Waals surface area (Å²) < 4.78 is 0. The van der Waals surface area contributed by atoms with E-state index in [4.69, 9.17) is 0 Å². The predicted octanol–water partition coefficient (Wildman–Crippen LogP) is 5.13. The van der Waals surface area contributed by atoms with Crippen LogP contribution in [0.2, 0.25) is 0 Å². The zero-order valence-electron chi connectivity index (χ0n) is 13.1. The van der Waals surface area contributed by atoms with Crippen molar-refractivity contribution >= 4 is 17.9 Å². The number of rotatable bonds is 2. The highest BCUT2D eigenvalue weighted by Gasteiger charge is 2.22. The molecule has 1 fully saturated rings. The molecule has 22 heavy (non-hydrogen) atoms. The minimum atomic E-state index is 0.196. The molecule has 2 aromatic carbocycles. The van der Waals surface area contributed by atoms with E-state index in [2.05, 4.69) is 62.4 Å². The van der Waals surface area contributed by atoms with Crippen LogP contribution in [0.15, 0.2) is 59.7 Å². The molecule has 0 aromatic heterocycles. The van der Waals surface area contributed by atoms with Crippen LogP contribution < -0.4 is 0 Å². The number of ketones is 1. The van der Waals surface area contributed by atoms with E-state index in [0.717, 1.165) is 35.1 Å². The van der Waals surface area contributed by atoms with E-state index in [-0.39, 0.29) is 5.78 Å². The van der Waals surface area contributed by atoms with Crippen LogP contribution in [0, 0.1) is 13.8 Å². The van der Waals surface area contributed by atoms with E-state index < -0.39 is 0 Å². The van der Waals surface area contributed by atoms with Crippen LogP contribution in [0.25, 0.3) is 12.2 Å². The predicted molar refractivity (Wildman–Crippen MR) is 92.6 cm³/mol. The molecular weight excluding hydrogens is 268 g/mol. The summed E-state index contributed by atoms with van der Waals surface area (Å²) in [6, 6.07) is 16.6. The van der Waals surface area contributed by atoms with Crippen LogP contribution in [0.1, 0.15) is 35.1 Å². The maximum Gasteiger partial charge on any atom is 0.185 e. The van der Waals surface area contributed by atoms with Gasteiger partial charge in [0.15, 0.2) is 5.78 Å². The molecule has 1 heteroatoms. The highest BCUT2D eigenvalue weighted by molar-refractivity contribution is 6.15. The summed E-state index contributed by atoms with van der Waals surface area (Å²) in [6.45, 7) is 4.14. The van der Waals surface area contributed by atoms with Crippen molar-refractivity contribution in [3.8, 4) is 0 Å². The van der Waals surface area contributed by atoms with E-state index in [0.29, 0.717) is 0 Å². The molecule has 0 amide bonds. The summed E-state index contributed by atoms with van der Waals surface area (Å²) >= 11 is 0. The van der Waals surface area contributed by atoms with E-state index in [9.17, 15) is 4.79 Å². The van der Waals surface area contributed by atoms with E-state index in [1.54, 1.807) is 0 Å². The molecule has 1 saturated carbocycles. The second-order valence-electron chi connectivity index (χ2n) is 5.99. The number of hydrogen-bond donors (Lipinski definition) is 0. The van der Waals surface area contributed by atoms with Crippen molar-refractivity contribution in [3.05, 3.63) is 81.9 Å². The molecule has 0 atom stereocenters. The Bertz CT molecular complexity index is 678. The standard InChI is InChI=1S/C21H20O/c1-15-3-7-17(8-4-15)13-19-11-12-20(21(19)22)14-18-9-5-16(2)6-10-18/h3-10,13-14H,11-12H2,1-2H3. The Labute approximate surface area is 132 Å². The topological polar surface area (TPSA) is 17.1 Å². The van der Waals surface area contributed by atoms with Crippen molar-refractivity contribution in [2.45, 2.75) is 26.7 Å². The number of aryl methyl sites for hydroxylation is 2. The van der Waals surface area contributed by atoms with Gasteiger partial charge in [-0.05, 0) is 50.0 Å². The van der Waals surface area contributed by atoms with Gasteiger partial charge in [-0.2, -0.15) is 0 Å². The van der Waals surface area contributed by atoms with Gasteiger partial charge in [0.05, 0.1) is 0 Å². The van der Waals surface area contributed by atoms with Gasteiger partial charge in [-0.3, -0.25) is 4.79 Å². The molecule has 1 aliphatic carbocycles. The number of carbonyl (C=O) groups is 1. The molecule has 3 rings (SSSR count). The molecule has 0 unspecified atom stereocenters. The summed E-state index contributed by atoms with van der Waals surface area (Å²) in [5.74, 6) is 0.196. The van der Waals surface area contributed by atoms with Crippen LogP contribution >= 0.6 is 0 Å². The second-order valence-corrected chi connectivity index (χ2v) is 5.99. The molecular formula is C21H20O. The lowest BCUT2D eigenvalue weighted by molar-refractivity contribution is -0.111. The minimum absolute atomic E-state index is 0.196. The average molecular weight is 288 g/mol. The zero-order valence-corrected chi connectivity index (χ0v) is 13.1. The molecule has 0 radical (unpaired) electrons. The quantitative estimate of drug-likeness (QED) is 0.700. The summed E-state index contributed by atoms with van der Waals surface area (Å²) in [7, 11) is 0. The zero-order chi connectivity index (χ0) is 15.5. The molecule has 0 aliphatic heterocycles. The normalized spacial score (nSPS) is 18.4. The van der Waals surface area contributed by atoms with E-state index in [1.807, 2.05) is 12.2 Å². The highest BCUT2D eigenvalue weighted by Crippen LogP contribution is 2.29. The minimum Gasteiger partial charge on any atom is -0.289 e. The maximum absolute atomic E-state index is 12.5. The monoisotopic (exact) mass is 288 g/mol. The fourth-order valence-corrected chi connectivity index (χ4v) is 2.71. The Balaban J connectivity index is 1.82. The summed E-state index contributed by atoms with van der Waals surface area (Å²) in [5.41, 5.74) is 6.51. The SMILES string of the molecule is Cc1ccc(C=C2CCC(=Cc3ccc(C)cc3)C2=O)cc1. The van der Waals surface area contributed by atoms with Crippen molar-refractivity contribution < 1.29 is 4.79 Å². The van der Waals surface area contributed by atoms with Gasteiger partial charge < -0.3 is 0 Å². The smallest absolute Gasteiger partial charge is 0.185 e. The highest BCUT2D eigenvalue weighted by atomic mass is 16.1. The first-order valence-corrected chi connectivity index (χ1v) is 7.71. The fourth-order valence-electron chi connectivity index (χ4n) is 2.71. The molecule has 1 nitrogen and oxygen atoms in total. The van der Waals surface area contributed by atoms with E-state index >= 15 is 0 Å². The Morgan fingerprint density at radius 2 is 1.05 bits per heavy atom. The van der Waals surface area contributed by atoms with Gasteiger partial charge in [-0.15, -0.1) is 0 Å². The number of carbonyl (C=O) groups excluding carboxylic acids is 1. The molecule has 0 bridgehead atoms. The number of hydrogen-bond acceptors (Lipinski definition) is 1. The Kier molecular flexibility index (Phi) is 4.06. The Morgan fingerprint density at radius 1 is 0.682 bits per heavy atom. The largest absolute Gasteiger partial charge is 0.289 e. The first-order chi connectivity index (χ1) is 10.6. The van der Waals surface area contributed by atoms with Gasteiger partial charge in [0.25, 0.3) is 0 Å². The van der Waals surface area contributed by atoms with Gasteiger partial charge in [0, 0.05) is 11.1 Å². The second kappa shape index (κ2) is 6.15. The summed E-state index contributed by atoms with van der Waals surface area (Å²) in [5, 5.41) is 0. The van der Waals surface area contributed by atoms with Crippen LogP contribution in [0.3, 0.4) is 0 Å². The van der Waals surface area contributed by atoms with Crippen LogP contribution in [-0.4, -0.2) is 5.78 Å². The first kappa shape index (κ1) is 14.5.